The van der Waals surface area contributed by atoms with Crippen LogP contribution in [0.4, 0.5) is 4.39 Å². The Hall–Kier alpha value is -0.893. The van der Waals surface area contributed by atoms with E-state index in [1.54, 1.807) is 0 Å². The molecular formula is C16H25FSi. The van der Waals surface area contributed by atoms with Gasteiger partial charge in [-0.05, 0) is 12.0 Å². The fraction of sp³-hybridized carbons (Fsp3) is 0.500. The lowest BCUT2D eigenvalue weighted by Gasteiger charge is -2.17. The molecule has 1 aromatic carbocycles. The Balaban J connectivity index is 2.32. The molecule has 0 N–H and O–H groups in total. The Morgan fingerprint density at radius 1 is 1.00 bits per heavy atom. The molecule has 0 saturated heterocycles. The van der Waals surface area contributed by atoms with Crippen LogP contribution in [0.25, 0.3) is 6.08 Å². The van der Waals surface area contributed by atoms with E-state index in [9.17, 15) is 4.39 Å². The first kappa shape index (κ1) is 15.2. The molecule has 0 bridgehead atoms. The SMILES string of the molecule is C[Si](C)(C=Cc1ccccc1)CCCCCCF. The van der Waals surface area contributed by atoms with Crippen molar-refractivity contribution in [2.75, 3.05) is 6.67 Å². The highest BCUT2D eigenvalue weighted by Crippen LogP contribution is 2.18. The lowest BCUT2D eigenvalue weighted by Crippen LogP contribution is -2.21. The van der Waals surface area contributed by atoms with Crippen LogP contribution in [0, 0.1) is 0 Å². The molecule has 0 atom stereocenters. The van der Waals surface area contributed by atoms with Gasteiger partial charge in [0.15, 0.2) is 0 Å². The summed E-state index contributed by atoms with van der Waals surface area (Å²) in [7, 11) is -1.22. The van der Waals surface area contributed by atoms with E-state index in [2.05, 4.69) is 49.1 Å². The number of rotatable bonds is 8. The Morgan fingerprint density at radius 3 is 2.33 bits per heavy atom. The van der Waals surface area contributed by atoms with Gasteiger partial charge in [0.2, 0.25) is 0 Å². The van der Waals surface area contributed by atoms with E-state index in [1.165, 1.54) is 24.4 Å². The van der Waals surface area contributed by atoms with Crippen LogP contribution < -0.4 is 0 Å². The monoisotopic (exact) mass is 264 g/mol. The first-order valence-corrected chi connectivity index (χ1v) is 10.2. The molecule has 100 valence electrons. The summed E-state index contributed by atoms with van der Waals surface area (Å²) in [5.41, 5.74) is 3.72. The van der Waals surface area contributed by atoms with Gasteiger partial charge in [-0.3, -0.25) is 4.39 Å². The zero-order valence-electron chi connectivity index (χ0n) is 11.7. The molecule has 0 fully saturated rings. The molecule has 0 aliphatic heterocycles. The van der Waals surface area contributed by atoms with E-state index in [4.69, 9.17) is 0 Å². The molecule has 1 aromatic rings. The van der Waals surface area contributed by atoms with Crippen molar-refractivity contribution in [3.63, 3.8) is 0 Å². The van der Waals surface area contributed by atoms with Crippen molar-refractivity contribution in [3.8, 4) is 0 Å². The Morgan fingerprint density at radius 2 is 1.67 bits per heavy atom. The van der Waals surface area contributed by atoms with Gasteiger partial charge in [-0.1, -0.05) is 80.5 Å². The van der Waals surface area contributed by atoms with Gasteiger partial charge < -0.3 is 0 Å². The molecule has 0 aliphatic rings. The Kier molecular flexibility index (Phi) is 6.95. The van der Waals surface area contributed by atoms with Crippen LogP contribution >= 0.6 is 0 Å². The maximum atomic E-state index is 12.0. The Bertz CT molecular complexity index is 343. The summed E-state index contributed by atoms with van der Waals surface area (Å²) in [6.07, 6.45) is 6.47. The molecule has 18 heavy (non-hydrogen) atoms. The summed E-state index contributed by atoms with van der Waals surface area (Å²) >= 11 is 0. The van der Waals surface area contributed by atoms with Crippen LogP contribution in [0.15, 0.2) is 36.0 Å². The van der Waals surface area contributed by atoms with E-state index in [0.717, 1.165) is 12.8 Å². The quantitative estimate of drug-likeness (QED) is 0.431. The van der Waals surface area contributed by atoms with E-state index >= 15 is 0 Å². The second-order valence-electron chi connectivity index (χ2n) is 5.59. The average Bonchev–Trinajstić information content (AvgIpc) is 2.38. The third-order valence-electron chi connectivity index (χ3n) is 3.23. The average molecular weight is 264 g/mol. The predicted molar refractivity (Wildman–Crippen MR) is 82.2 cm³/mol. The van der Waals surface area contributed by atoms with E-state index in [0.29, 0.717) is 0 Å². The molecule has 0 spiro atoms. The van der Waals surface area contributed by atoms with E-state index in [1.807, 2.05) is 6.07 Å². The maximum absolute atomic E-state index is 12.0. The van der Waals surface area contributed by atoms with Crippen LogP contribution in [0.3, 0.4) is 0 Å². The molecule has 0 aliphatic carbocycles. The first-order chi connectivity index (χ1) is 8.64. The number of unbranched alkanes of at least 4 members (excludes halogenated alkanes) is 3. The summed E-state index contributed by atoms with van der Waals surface area (Å²) in [5.74, 6) is 0. The van der Waals surface area contributed by atoms with E-state index in [-0.39, 0.29) is 6.67 Å². The topological polar surface area (TPSA) is 0 Å². The van der Waals surface area contributed by atoms with Gasteiger partial charge in [-0.2, -0.15) is 0 Å². The fourth-order valence-corrected chi connectivity index (χ4v) is 3.97. The van der Waals surface area contributed by atoms with Gasteiger partial charge in [0.25, 0.3) is 0 Å². The lowest BCUT2D eigenvalue weighted by molar-refractivity contribution is 0.455. The van der Waals surface area contributed by atoms with Crippen LogP contribution in [-0.2, 0) is 0 Å². The van der Waals surface area contributed by atoms with E-state index < -0.39 is 8.07 Å². The van der Waals surface area contributed by atoms with Crippen molar-refractivity contribution in [1.29, 1.82) is 0 Å². The van der Waals surface area contributed by atoms with Gasteiger partial charge in [-0.15, -0.1) is 0 Å². The zero-order valence-corrected chi connectivity index (χ0v) is 12.7. The Labute approximate surface area is 112 Å². The normalized spacial score (nSPS) is 12.2. The minimum Gasteiger partial charge on any atom is -0.251 e. The number of alkyl halides is 1. The molecular weight excluding hydrogens is 239 g/mol. The predicted octanol–water partition coefficient (Wildman–Crippen LogP) is 5.48. The largest absolute Gasteiger partial charge is 0.251 e. The summed E-state index contributed by atoms with van der Waals surface area (Å²) in [6, 6.07) is 11.8. The van der Waals surface area contributed by atoms with Gasteiger partial charge in [0.1, 0.15) is 0 Å². The van der Waals surface area contributed by atoms with Crippen LogP contribution in [-0.4, -0.2) is 14.7 Å². The van der Waals surface area contributed by atoms with Crippen molar-refractivity contribution >= 4 is 14.1 Å². The molecule has 1 rings (SSSR count). The van der Waals surface area contributed by atoms with Crippen molar-refractivity contribution < 1.29 is 4.39 Å². The van der Waals surface area contributed by atoms with Crippen molar-refractivity contribution in [2.45, 2.75) is 44.8 Å². The molecule has 0 radical (unpaired) electrons. The zero-order chi connectivity index (χ0) is 13.3. The van der Waals surface area contributed by atoms with Crippen molar-refractivity contribution in [1.82, 2.24) is 0 Å². The number of hydrogen-bond donors (Lipinski definition) is 0. The minimum absolute atomic E-state index is 0.158. The maximum Gasteiger partial charge on any atom is 0.0894 e. The highest BCUT2D eigenvalue weighted by molar-refractivity contribution is 6.82. The smallest absolute Gasteiger partial charge is 0.0894 e. The highest BCUT2D eigenvalue weighted by Gasteiger charge is 2.15. The van der Waals surface area contributed by atoms with Gasteiger partial charge in [0.05, 0.1) is 14.7 Å². The molecule has 0 aromatic heterocycles. The van der Waals surface area contributed by atoms with Crippen LogP contribution in [0.2, 0.25) is 19.1 Å². The summed E-state index contributed by atoms with van der Waals surface area (Å²) in [4.78, 5) is 0. The fourth-order valence-electron chi connectivity index (χ4n) is 2.00. The number of halogens is 1. The van der Waals surface area contributed by atoms with Crippen molar-refractivity contribution in [2.24, 2.45) is 0 Å². The lowest BCUT2D eigenvalue weighted by atomic mass is 10.2. The molecule has 0 saturated carbocycles. The van der Waals surface area contributed by atoms with Crippen LogP contribution in [0.5, 0.6) is 0 Å². The van der Waals surface area contributed by atoms with Crippen molar-refractivity contribution in [3.05, 3.63) is 41.6 Å². The molecule has 0 amide bonds. The first-order valence-electron chi connectivity index (χ1n) is 6.94. The highest BCUT2D eigenvalue weighted by atomic mass is 28.3. The van der Waals surface area contributed by atoms with Gasteiger partial charge in [0, 0.05) is 0 Å². The second-order valence-corrected chi connectivity index (χ2v) is 10.4. The molecule has 0 unspecified atom stereocenters. The second kappa shape index (κ2) is 8.25. The number of hydrogen-bond acceptors (Lipinski definition) is 0. The third-order valence-corrected chi connectivity index (χ3v) is 5.94. The minimum atomic E-state index is -1.22. The summed E-state index contributed by atoms with van der Waals surface area (Å²) in [5, 5.41) is 0. The molecule has 0 heterocycles. The summed E-state index contributed by atoms with van der Waals surface area (Å²) < 4.78 is 12.0. The van der Waals surface area contributed by atoms with Gasteiger partial charge in [-0.25, -0.2) is 0 Å². The standard InChI is InChI=1S/C16H25FSi/c1-18(2,14-9-4-3-8-13-17)15-12-16-10-6-5-7-11-16/h5-7,10-12,15H,3-4,8-9,13-14H2,1-2H3. The van der Waals surface area contributed by atoms with Crippen LogP contribution in [0.1, 0.15) is 31.2 Å². The summed E-state index contributed by atoms with van der Waals surface area (Å²) in [6.45, 7) is 4.65. The third kappa shape index (κ3) is 6.75. The molecule has 2 heteroatoms. The number of benzene rings is 1. The molecule has 0 nitrogen and oxygen atoms in total. The van der Waals surface area contributed by atoms with Gasteiger partial charge >= 0.3 is 0 Å².